The molecule has 0 aliphatic heterocycles. The summed E-state index contributed by atoms with van der Waals surface area (Å²) in [5, 5.41) is 0. The van der Waals surface area contributed by atoms with E-state index in [9.17, 15) is 0 Å². The number of rotatable bonds is 0. The van der Waals surface area contributed by atoms with Crippen molar-refractivity contribution >= 4 is 11.6 Å². The Bertz CT molecular complexity index is 24.6. The molecule has 0 amide bonds. The van der Waals surface area contributed by atoms with Gasteiger partial charge in [0, 0.05) is 0 Å². The molecule has 0 unspecified atom stereocenters. The zero-order chi connectivity index (χ0) is 2.71. The third-order valence-corrected chi connectivity index (χ3v) is 0. The molecule has 5 heteroatoms. The Hall–Kier alpha value is -0.260. The highest BCUT2D eigenvalue weighted by atomic mass is 32.1. The summed E-state index contributed by atoms with van der Waals surface area (Å²) in [4.78, 5) is 0. The quantitative estimate of drug-likeness (QED) is 0.341. The van der Waals surface area contributed by atoms with Crippen LogP contribution in [0.15, 0.2) is 0 Å². The Kier molecular flexibility index (Phi) is 225. The lowest BCUT2D eigenvalue weighted by Crippen LogP contribution is -1.18. The van der Waals surface area contributed by atoms with E-state index in [2.05, 4.69) is 0 Å². The molecule has 0 radical (unpaired) electrons. The van der Waals surface area contributed by atoms with Crippen LogP contribution in [0.25, 0.3) is 0 Å². The predicted octanol–water partition coefficient (Wildman–Crippen LogP) is -2.32. The van der Waals surface area contributed by atoms with Crippen molar-refractivity contribution in [3.63, 3.8) is 0 Å². The second-order valence-corrected chi connectivity index (χ2v) is 0.204. The van der Waals surface area contributed by atoms with Crippen LogP contribution in [0.3, 0.4) is 0 Å². The van der Waals surface area contributed by atoms with Crippen molar-refractivity contribution in [2.75, 3.05) is 0 Å². The van der Waals surface area contributed by atoms with Crippen LogP contribution >= 0.6 is 0 Å². The van der Waals surface area contributed by atoms with Crippen LogP contribution < -0.4 is 0 Å². The molecule has 0 atom stereocenters. The smallest absolute Gasteiger partial charge is 0.335 e. The predicted molar refractivity (Wildman–Crippen MR) is 16.1 cm³/mol. The molecule has 0 saturated carbocycles. The third-order valence-electron chi connectivity index (χ3n) is 0. The summed E-state index contributed by atoms with van der Waals surface area (Å²) in [6.45, 7) is 0. The molecule has 0 rings (SSSR count). The lowest BCUT2D eigenvalue weighted by molar-refractivity contribution is 0.630. The van der Waals surface area contributed by atoms with Crippen LogP contribution in [0.2, 0.25) is 0 Å². The maximum Gasteiger partial charge on any atom is 0.335 e. The van der Waals surface area contributed by atoms with E-state index in [-0.39, 0.29) is 11.0 Å². The third kappa shape index (κ3) is 168. The van der Waals surface area contributed by atoms with Gasteiger partial charge in [-0.2, -0.15) is 8.42 Å². The van der Waals surface area contributed by atoms with Crippen molar-refractivity contribution in [3.05, 3.63) is 0 Å². The van der Waals surface area contributed by atoms with Crippen LogP contribution in [0.5, 0.6) is 0 Å². The van der Waals surface area contributed by atoms with E-state index in [0.29, 0.717) is 0 Å². The minimum absolute atomic E-state index is 0. The molecule has 5 heavy (non-hydrogen) atoms. The maximum absolute atomic E-state index is 8.29. The molecule has 4 N–H and O–H groups in total. The molecular formula is H4O4S. The normalized spacial score (nSPS) is 2.40. The second kappa shape index (κ2) is 51.3. The molecule has 0 aromatic heterocycles. The van der Waals surface area contributed by atoms with Crippen molar-refractivity contribution in [3.8, 4) is 0 Å². The fourth-order valence-electron chi connectivity index (χ4n) is 0. The second-order valence-electron chi connectivity index (χ2n) is 0.0680. The van der Waals surface area contributed by atoms with E-state index in [0.717, 1.165) is 0 Å². The van der Waals surface area contributed by atoms with Crippen molar-refractivity contribution in [2.45, 2.75) is 0 Å². The summed E-state index contributed by atoms with van der Waals surface area (Å²) >= 11 is -0.750. The van der Waals surface area contributed by atoms with Gasteiger partial charge in [0.1, 0.15) is 0 Å². The van der Waals surface area contributed by atoms with Crippen LogP contribution in [-0.4, -0.2) is 19.4 Å². The highest BCUT2D eigenvalue weighted by molar-refractivity contribution is 7.51. The summed E-state index contributed by atoms with van der Waals surface area (Å²) in [7, 11) is 0. The first-order valence-corrected chi connectivity index (χ1v) is 1.00. The molecular weight excluding hydrogens is 96.1 g/mol. The minimum atomic E-state index is -0.750. The fourth-order valence-corrected chi connectivity index (χ4v) is 0. The standard InChI is InChI=1S/O2S.2H2O/c1-3-2;;/h;2*1H2. The van der Waals surface area contributed by atoms with Gasteiger partial charge in [0.15, 0.2) is 0 Å². The van der Waals surface area contributed by atoms with Crippen LogP contribution in [0, 0.1) is 0 Å². The van der Waals surface area contributed by atoms with Gasteiger partial charge in [-0.25, -0.2) is 0 Å². The van der Waals surface area contributed by atoms with Crippen molar-refractivity contribution < 1.29 is 19.4 Å². The summed E-state index contributed by atoms with van der Waals surface area (Å²) in [5.41, 5.74) is 0. The molecule has 0 fully saturated rings. The molecule has 0 aliphatic rings. The maximum atomic E-state index is 8.29. The van der Waals surface area contributed by atoms with Crippen molar-refractivity contribution in [1.82, 2.24) is 0 Å². The van der Waals surface area contributed by atoms with Gasteiger partial charge in [0.2, 0.25) is 0 Å². The van der Waals surface area contributed by atoms with Gasteiger partial charge in [0.25, 0.3) is 0 Å². The molecule has 0 aromatic rings. The lowest BCUT2D eigenvalue weighted by atomic mass is 15.9. The average molecular weight is 100 g/mol. The first-order chi connectivity index (χ1) is 1.41. The summed E-state index contributed by atoms with van der Waals surface area (Å²) in [5.74, 6) is 0. The molecule has 0 saturated heterocycles. The van der Waals surface area contributed by atoms with Gasteiger partial charge in [-0.3, -0.25) is 0 Å². The minimum Gasteiger partial charge on any atom is -0.412 e. The summed E-state index contributed by atoms with van der Waals surface area (Å²) in [6, 6.07) is 0. The molecule has 4 nitrogen and oxygen atoms in total. The van der Waals surface area contributed by atoms with E-state index in [1.807, 2.05) is 0 Å². The Morgan fingerprint density at radius 2 is 1.00 bits per heavy atom. The van der Waals surface area contributed by atoms with E-state index in [4.69, 9.17) is 8.42 Å². The van der Waals surface area contributed by atoms with Gasteiger partial charge in [0.05, 0.1) is 0 Å². The van der Waals surface area contributed by atoms with Crippen LogP contribution in [0.4, 0.5) is 0 Å². The monoisotopic (exact) mass is 100.0 g/mol. The SMILES string of the molecule is O.O.O=S=O. The Morgan fingerprint density at radius 3 is 1.00 bits per heavy atom. The fraction of sp³-hybridized carbons (Fsp3) is 0. The Balaban J connectivity index is -0.0000000200. The average Bonchev–Trinajstić information content (AvgIpc) is 0.918. The number of hydrogen-bond donors (Lipinski definition) is 0. The van der Waals surface area contributed by atoms with E-state index < -0.39 is 11.6 Å². The molecule has 0 aliphatic carbocycles. The van der Waals surface area contributed by atoms with Gasteiger partial charge in [-0.15, -0.1) is 0 Å². The van der Waals surface area contributed by atoms with Gasteiger partial charge >= 0.3 is 11.6 Å². The van der Waals surface area contributed by atoms with Crippen molar-refractivity contribution in [2.24, 2.45) is 0 Å². The molecule has 0 heterocycles. The lowest BCUT2D eigenvalue weighted by Gasteiger charge is -0.947. The van der Waals surface area contributed by atoms with E-state index in [1.54, 1.807) is 0 Å². The van der Waals surface area contributed by atoms with Crippen molar-refractivity contribution in [1.29, 1.82) is 0 Å². The number of hydrogen-bond acceptors (Lipinski definition) is 2. The highest BCUT2D eigenvalue weighted by Crippen LogP contribution is 0.846. The van der Waals surface area contributed by atoms with E-state index in [1.165, 1.54) is 0 Å². The van der Waals surface area contributed by atoms with E-state index >= 15 is 0 Å². The Labute approximate surface area is 32.0 Å². The van der Waals surface area contributed by atoms with Crippen LogP contribution in [-0.2, 0) is 11.6 Å². The first-order valence-electron chi connectivity index (χ1n) is 0.333. The topological polar surface area (TPSA) is 97.1 Å². The summed E-state index contributed by atoms with van der Waals surface area (Å²) < 4.78 is 16.6. The molecule has 0 aromatic carbocycles. The molecule has 0 spiro atoms. The molecule has 0 bridgehead atoms. The largest absolute Gasteiger partial charge is 0.412 e. The highest BCUT2D eigenvalue weighted by Gasteiger charge is 1.12. The zero-order valence-electron chi connectivity index (χ0n) is 2.22. The summed E-state index contributed by atoms with van der Waals surface area (Å²) in [6.07, 6.45) is 0. The first kappa shape index (κ1) is 21.9. The molecule has 34 valence electrons. The van der Waals surface area contributed by atoms with Crippen LogP contribution in [0.1, 0.15) is 0 Å². The van der Waals surface area contributed by atoms with Gasteiger partial charge in [-0.05, 0) is 0 Å². The van der Waals surface area contributed by atoms with Gasteiger partial charge in [-0.1, -0.05) is 0 Å². The van der Waals surface area contributed by atoms with Gasteiger partial charge < -0.3 is 11.0 Å². The zero-order valence-corrected chi connectivity index (χ0v) is 3.04. The Morgan fingerprint density at radius 1 is 1.00 bits per heavy atom.